The fourth-order valence-corrected chi connectivity index (χ4v) is 2.60. The topological polar surface area (TPSA) is 50.4 Å². The lowest BCUT2D eigenvalue weighted by Gasteiger charge is -2.24. The summed E-state index contributed by atoms with van der Waals surface area (Å²) in [4.78, 5) is 12.1. The quantitative estimate of drug-likeness (QED) is 0.669. The molecule has 0 aromatic heterocycles. The smallest absolute Gasteiger partial charge is 0.408 e. The first-order valence-corrected chi connectivity index (χ1v) is 9.56. The molecule has 0 spiro atoms. The van der Waals surface area contributed by atoms with E-state index in [-0.39, 0.29) is 12.1 Å². The van der Waals surface area contributed by atoms with Gasteiger partial charge < -0.3 is 15.4 Å². The maximum atomic E-state index is 12.1. The maximum Gasteiger partial charge on any atom is 0.408 e. The van der Waals surface area contributed by atoms with Crippen LogP contribution in [0.15, 0.2) is 30.3 Å². The Hall–Kier alpha value is -1.20. The summed E-state index contributed by atoms with van der Waals surface area (Å²) in [5, 5.41) is 6.42. The molecular weight excluding hydrogens is 308 g/mol. The van der Waals surface area contributed by atoms with Crippen LogP contribution in [-0.2, 0) is 4.74 Å². The minimum absolute atomic E-state index is 0.0425. The Balaban J connectivity index is 2.52. The van der Waals surface area contributed by atoms with Crippen molar-refractivity contribution >= 4 is 17.9 Å². The van der Waals surface area contributed by atoms with Crippen molar-refractivity contribution in [3.63, 3.8) is 0 Å². The summed E-state index contributed by atoms with van der Waals surface area (Å²) in [7, 11) is 0. The summed E-state index contributed by atoms with van der Waals surface area (Å²) in [5.74, 6) is 1.17. The van der Waals surface area contributed by atoms with E-state index in [0.29, 0.717) is 0 Å². The second kappa shape index (κ2) is 10.6. The van der Waals surface area contributed by atoms with E-state index in [2.05, 4.69) is 16.9 Å². The molecule has 1 rings (SSSR count). The van der Waals surface area contributed by atoms with Gasteiger partial charge in [0, 0.05) is 0 Å². The lowest BCUT2D eigenvalue weighted by atomic mass is 10.0. The van der Waals surface area contributed by atoms with Crippen molar-refractivity contribution in [2.24, 2.45) is 0 Å². The molecule has 0 aliphatic carbocycles. The Kier molecular flexibility index (Phi) is 9.10. The Labute approximate surface area is 144 Å². The molecule has 0 saturated heterocycles. The fraction of sp³-hybridized carbons (Fsp3) is 0.611. The maximum absolute atomic E-state index is 12.1. The Morgan fingerprint density at radius 1 is 1.22 bits per heavy atom. The van der Waals surface area contributed by atoms with Gasteiger partial charge in [0.15, 0.2) is 0 Å². The zero-order valence-corrected chi connectivity index (χ0v) is 15.5. The van der Waals surface area contributed by atoms with Crippen LogP contribution >= 0.6 is 11.8 Å². The number of ether oxygens (including phenoxy) is 1. The van der Waals surface area contributed by atoms with Crippen molar-refractivity contribution < 1.29 is 9.53 Å². The van der Waals surface area contributed by atoms with Crippen LogP contribution in [0.3, 0.4) is 0 Å². The number of hydrogen-bond donors (Lipinski definition) is 2. The van der Waals surface area contributed by atoms with E-state index in [1.807, 2.05) is 62.9 Å². The van der Waals surface area contributed by atoms with Crippen LogP contribution in [0.25, 0.3) is 0 Å². The first-order chi connectivity index (χ1) is 10.9. The zero-order valence-electron chi connectivity index (χ0n) is 14.7. The fourth-order valence-electron chi connectivity index (χ4n) is 2.17. The first kappa shape index (κ1) is 19.8. The molecule has 23 heavy (non-hydrogen) atoms. The molecule has 2 N–H and O–H groups in total. The summed E-state index contributed by atoms with van der Waals surface area (Å²) in [6.07, 6.45) is 3.75. The highest BCUT2D eigenvalue weighted by Gasteiger charge is 2.20. The van der Waals surface area contributed by atoms with Crippen molar-refractivity contribution in [3.8, 4) is 0 Å². The Morgan fingerprint density at radius 3 is 2.52 bits per heavy atom. The number of carbonyl (C=O) groups excluding carboxylic acids is 1. The largest absolute Gasteiger partial charge is 0.444 e. The molecule has 0 saturated carbocycles. The van der Waals surface area contributed by atoms with Crippen LogP contribution in [0.1, 0.15) is 45.2 Å². The summed E-state index contributed by atoms with van der Waals surface area (Å²) < 4.78 is 5.38. The molecule has 1 aromatic carbocycles. The van der Waals surface area contributed by atoms with E-state index in [9.17, 15) is 4.79 Å². The van der Waals surface area contributed by atoms with Crippen LogP contribution in [0.2, 0.25) is 0 Å². The summed E-state index contributed by atoms with van der Waals surface area (Å²) >= 11 is 1.86. The number of rotatable bonds is 9. The third kappa shape index (κ3) is 9.51. The number of thioether (sulfide) groups is 1. The van der Waals surface area contributed by atoms with Gasteiger partial charge >= 0.3 is 6.09 Å². The minimum atomic E-state index is -0.485. The van der Waals surface area contributed by atoms with Crippen LogP contribution in [0.5, 0.6) is 0 Å². The van der Waals surface area contributed by atoms with Crippen LogP contribution < -0.4 is 10.6 Å². The number of alkyl carbamates (subject to hydrolysis) is 1. The molecule has 1 aromatic rings. The van der Waals surface area contributed by atoms with Crippen LogP contribution in [0.4, 0.5) is 4.79 Å². The summed E-state index contributed by atoms with van der Waals surface area (Å²) in [5.41, 5.74) is 0.616. The number of benzene rings is 1. The van der Waals surface area contributed by atoms with E-state index < -0.39 is 5.60 Å². The lowest BCUT2D eigenvalue weighted by Crippen LogP contribution is -2.36. The van der Waals surface area contributed by atoms with E-state index in [1.165, 1.54) is 5.75 Å². The highest BCUT2D eigenvalue weighted by molar-refractivity contribution is 7.98. The van der Waals surface area contributed by atoms with Crippen molar-refractivity contribution in [1.82, 2.24) is 10.6 Å². The number of hydrogen-bond acceptors (Lipinski definition) is 4. The molecule has 1 unspecified atom stereocenters. The van der Waals surface area contributed by atoms with Crippen LogP contribution in [-0.4, -0.2) is 36.8 Å². The van der Waals surface area contributed by atoms with Gasteiger partial charge in [-0.25, -0.2) is 4.79 Å². The van der Waals surface area contributed by atoms with Crippen molar-refractivity contribution in [2.45, 2.75) is 45.3 Å². The highest BCUT2D eigenvalue weighted by atomic mass is 32.2. The molecule has 0 fully saturated rings. The van der Waals surface area contributed by atoms with Crippen molar-refractivity contribution in [2.75, 3.05) is 25.1 Å². The van der Waals surface area contributed by atoms with Gasteiger partial charge in [-0.1, -0.05) is 30.3 Å². The molecule has 0 bridgehead atoms. The number of amides is 1. The van der Waals surface area contributed by atoms with E-state index >= 15 is 0 Å². The van der Waals surface area contributed by atoms with Crippen molar-refractivity contribution in [1.29, 1.82) is 0 Å². The minimum Gasteiger partial charge on any atom is -0.444 e. The summed E-state index contributed by atoms with van der Waals surface area (Å²) in [6.45, 7) is 7.49. The second-order valence-electron chi connectivity index (χ2n) is 6.49. The first-order valence-electron chi connectivity index (χ1n) is 8.16. The zero-order chi connectivity index (χ0) is 17.1. The van der Waals surface area contributed by atoms with Gasteiger partial charge in [0.2, 0.25) is 0 Å². The molecular formula is C18H30N2O2S. The normalized spacial score (nSPS) is 12.7. The Bertz CT molecular complexity index is 446. The third-order valence-corrected chi connectivity index (χ3v) is 3.90. The molecule has 1 atom stereocenters. The Morgan fingerprint density at radius 2 is 1.91 bits per heavy atom. The molecule has 0 radical (unpaired) electrons. The van der Waals surface area contributed by atoms with Gasteiger partial charge in [-0.2, -0.15) is 11.8 Å². The predicted octanol–water partition coefficient (Wildman–Crippen LogP) is 3.99. The standard InChI is InChI=1S/C18H30N2O2S/c1-18(2,3)22-17(21)20-16(15-9-6-5-7-10-15)11-13-19-12-8-14-23-4/h5-7,9-10,16,19H,8,11-14H2,1-4H3,(H,20,21). The average Bonchev–Trinajstić information content (AvgIpc) is 2.48. The number of carbonyl (C=O) groups is 1. The molecule has 4 nitrogen and oxygen atoms in total. The molecule has 0 aliphatic heterocycles. The highest BCUT2D eigenvalue weighted by Crippen LogP contribution is 2.17. The van der Waals surface area contributed by atoms with Gasteiger partial charge in [-0.15, -0.1) is 0 Å². The van der Waals surface area contributed by atoms with Gasteiger partial charge in [0.25, 0.3) is 0 Å². The predicted molar refractivity (Wildman–Crippen MR) is 99.0 cm³/mol. The average molecular weight is 339 g/mol. The lowest BCUT2D eigenvalue weighted by molar-refractivity contribution is 0.0501. The molecule has 1 amide bonds. The van der Waals surface area contributed by atoms with Gasteiger partial charge in [-0.05, 0) is 64.3 Å². The summed E-state index contributed by atoms with van der Waals surface area (Å²) in [6, 6.07) is 10.00. The molecule has 5 heteroatoms. The molecule has 0 aliphatic rings. The second-order valence-corrected chi connectivity index (χ2v) is 7.48. The van der Waals surface area contributed by atoms with Crippen LogP contribution in [0, 0.1) is 0 Å². The van der Waals surface area contributed by atoms with E-state index in [0.717, 1.165) is 31.5 Å². The molecule has 0 heterocycles. The SMILES string of the molecule is CSCCCNCCC(NC(=O)OC(C)(C)C)c1ccccc1. The third-order valence-electron chi connectivity index (χ3n) is 3.20. The monoisotopic (exact) mass is 338 g/mol. The van der Waals surface area contributed by atoms with Gasteiger partial charge in [0.05, 0.1) is 6.04 Å². The van der Waals surface area contributed by atoms with Gasteiger partial charge in [0.1, 0.15) is 5.60 Å². The van der Waals surface area contributed by atoms with E-state index in [1.54, 1.807) is 0 Å². The van der Waals surface area contributed by atoms with E-state index in [4.69, 9.17) is 4.74 Å². The van der Waals surface area contributed by atoms with Crippen molar-refractivity contribution in [3.05, 3.63) is 35.9 Å². The van der Waals surface area contributed by atoms with Gasteiger partial charge in [-0.3, -0.25) is 0 Å². The number of nitrogens with one attached hydrogen (secondary N) is 2. The molecule has 130 valence electrons.